The summed E-state index contributed by atoms with van der Waals surface area (Å²) in [5, 5.41) is 0. The molecule has 1 rings (SSSR count). The average molecular weight is 215 g/mol. The second kappa shape index (κ2) is 6.46. The Morgan fingerprint density at radius 2 is 1.93 bits per heavy atom. The Kier molecular flexibility index (Phi) is 5.58. The Labute approximate surface area is 93.7 Å². The third-order valence-corrected chi connectivity index (χ3v) is 3.07. The van der Waals surface area contributed by atoms with Gasteiger partial charge in [-0.15, -0.1) is 0 Å². The lowest BCUT2D eigenvalue weighted by atomic mass is 10.1. The van der Waals surface area contributed by atoms with Gasteiger partial charge in [-0.2, -0.15) is 0 Å². The van der Waals surface area contributed by atoms with Gasteiger partial charge >= 0.3 is 0 Å². The van der Waals surface area contributed by atoms with E-state index in [4.69, 9.17) is 9.47 Å². The van der Waals surface area contributed by atoms with Crippen LogP contribution in [-0.4, -0.2) is 50.0 Å². The second-order valence-corrected chi connectivity index (χ2v) is 4.77. The number of nitrogens with zero attached hydrogens (tertiary/aromatic N) is 1. The molecule has 0 radical (unpaired) electrons. The molecule has 0 spiro atoms. The summed E-state index contributed by atoms with van der Waals surface area (Å²) in [6.45, 7) is 12.4. The summed E-state index contributed by atoms with van der Waals surface area (Å²) in [5.41, 5.74) is 0.0466. The topological polar surface area (TPSA) is 21.7 Å². The highest BCUT2D eigenvalue weighted by Crippen LogP contribution is 2.13. The van der Waals surface area contributed by atoms with Gasteiger partial charge in [-0.1, -0.05) is 6.92 Å². The molecule has 0 atom stereocenters. The lowest BCUT2D eigenvalue weighted by molar-refractivity contribution is -0.0274. The van der Waals surface area contributed by atoms with Gasteiger partial charge in [-0.3, -0.25) is 4.90 Å². The van der Waals surface area contributed by atoms with Crippen molar-refractivity contribution in [3.05, 3.63) is 0 Å². The van der Waals surface area contributed by atoms with E-state index in [-0.39, 0.29) is 5.60 Å². The van der Waals surface area contributed by atoms with E-state index in [0.717, 1.165) is 52.3 Å². The van der Waals surface area contributed by atoms with Crippen molar-refractivity contribution in [2.24, 2.45) is 0 Å². The molecule has 0 saturated carbocycles. The fourth-order valence-electron chi connectivity index (χ4n) is 1.56. The number of ether oxygens (including phenoxy) is 2. The summed E-state index contributed by atoms with van der Waals surface area (Å²) in [5.74, 6) is 0. The van der Waals surface area contributed by atoms with Crippen molar-refractivity contribution in [2.45, 2.75) is 39.2 Å². The van der Waals surface area contributed by atoms with Crippen LogP contribution in [0.2, 0.25) is 0 Å². The lowest BCUT2D eigenvalue weighted by Gasteiger charge is -2.28. The van der Waals surface area contributed by atoms with E-state index in [1.54, 1.807) is 0 Å². The molecule has 1 aliphatic heterocycles. The zero-order valence-electron chi connectivity index (χ0n) is 10.4. The van der Waals surface area contributed by atoms with Crippen molar-refractivity contribution in [3.63, 3.8) is 0 Å². The number of rotatable bonds is 6. The molecule has 1 aliphatic rings. The standard InChI is InChI=1S/C12H25NO2/c1-4-12(2,3)15-9-5-6-13-7-10-14-11-8-13/h4-11H2,1-3H3. The van der Waals surface area contributed by atoms with Gasteiger partial charge in [0, 0.05) is 26.2 Å². The predicted octanol–water partition coefficient (Wildman–Crippen LogP) is 1.91. The smallest absolute Gasteiger partial charge is 0.0623 e. The molecule has 1 fully saturated rings. The molecule has 1 heterocycles. The van der Waals surface area contributed by atoms with Crippen molar-refractivity contribution in [2.75, 3.05) is 39.5 Å². The normalized spacial score (nSPS) is 19.4. The van der Waals surface area contributed by atoms with Crippen LogP contribution in [0.4, 0.5) is 0 Å². The molecule has 0 aliphatic carbocycles. The number of hydrogen-bond acceptors (Lipinski definition) is 3. The summed E-state index contributed by atoms with van der Waals surface area (Å²) < 4.78 is 11.1. The minimum Gasteiger partial charge on any atom is -0.379 e. The Hall–Kier alpha value is -0.120. The fraction of sp³-hybridized carbons (Fsp3) is 1.00. The highest BCUT2D eigenvalue weighted by Gasteiger charge is 2.15. The van der Waals surface area contributed by atoms with E-state index in [0.29, 0.717) is 0 Å². The minimum absolute atomic E-state index is 0.0466. The van der Waals surface area contributed by atoms with Crippen molar-refractivity contribution < 1.29 is 9.47 Å². The van der Waals surface area contributed by atoms with Crippen LogP contribution < -0.4 is 0 Å². The van der Waals surface area contributed by atoms with Gasteiger partial charge in [-0.05, 0) is 26.7 Å². The molecule has 15 heavy (non-hydrogen) atoms. The van der Waals surface area contributed by atoms with Crippen LogP contribution in [0.3, 0.4) is 0 Å². The van der Waals surface area contributed by atoms with Gasteiger partial charge in [-0.25, -0.2) is 0 Å². The first kappa shape index (κ1) is 12.9. The Balaban J connectivity index is 2.00. The first-order valence-electron chi connectivity index (χ1n) is 6.08. The van der Waals surface area contributed by atoms with Crippen LogP contribution in [-0.2, 0) is 9.47 Å². The van der Waals surface area contributed by atoms with Crippen molar-refractivity contribution in [3.8, 4) is 0 Å². The molecule has 3 heteroatoms. The summed E-state index contributed by atoms with van der Waals surface area (Å²) in [7, 11) is 0. The van der Waals surface area contributed by atoms with Gasteiger partial charge in [0.25, 0.3) is 0 Å². The molecule has 0 bridgehead atoms. The van der Waals surface area contributed by atoms with E-state index >= 15 is 0 Å². The SMILES string of the molecule is CCC(C)(C)OCCCN1CCOCC1. The second-order valence-electron chi connectivity index (χ2n) is 4.77. The Morgan fingerprint density at radius 1 is 1.27 bits per heavy atom. The molecular weight excluding hydrogens is 190 g/mol. The maximum absolute atomic E-state index is 5.81. The first-order chi connectivity index (χ1) is 7.14. The van der Waals surface area contributed by atoms with Gasteiger partial charge < -0.3 is 9.47 Å². The molecule has 0 amide bonds. The van der Waals surface area contributed by atoms with Crippen molar-refractivity contribution >= 4 is 0 Å². The van der Waals surface area contributed by atoms with Gasteiger partial charge in [0.15, 0.2) is 0 Å². The monoisotopic (exact) mass is 215 g/mol. The van der Waals surface area contributed by atoms with E-state index in [2.05, 4.69) is 25.7 Å². The minimum atomic E-state index is 0.0466. The third kappa shape index (κ3) is 5.50. The van der Waals surface area contributed by atoms with Gasteiger partial charge in [0.2, 0.25) is 0 Å². The molecule has 1 saturated heterocycles. The van der Waals surface area contributed by atoms with Crippen molar-refractivity contribution in [1.29, 1.82) is 0 Å². The largest absolute Gasteiger partial charge is 0.379 e. The first-order valence-corrected chi connectivity index (χ1v) is 6.08. The van der Waals surface area contributed by atoms with Crippen LogP contribution in [0, 0.1) is 0 Å². The highest BCUT2D eigenvalue weighted by atomic mass is 16.5. The number of hydrogen-bond donors (Lipinski definition) is 0. The zero-order valence-corrected chi connectivity index (χ0v) is 10.4. The maximum atomic E-state index is 5.81. The molecule has 0 unspecified atom stereocenters. The van der Waals surface area contributed by atoms with Crippen LogP contribution in [0.1, 0.15) is 33.6 Å². The molecule has 0 aromatic rings. The van der Waals surface area contributed by atoms with Crippen LogP contribution in [0.15, 0.2) is 0 Å². The third-order valence-electron chi connectivity index (χ3n) is 3.07. The van der Waals surface area contributed by atoms with E-state index in [1.165, 1.54) is 0 Å². The van der Waals surface area contributed by atoms with E-state index in [1.807, 2.05) is 0 Å². The summed E-state index contributed by atoms with van der Waals surface area (Å²) in [6, 6.07) is 0. The van der Waals surface area contributed by atoms with Crippen LogP contribution >= 0.6 is 0 Å². The Morgan fingerprint density at radius 3 is 2.53 bits per heavy atom. The Bertz CT molecular complexity index is 165. The van der Waals surface area contributed by atoms with Crippen molar-refractivity contribution in [1.82, 2.24) is 4.90 Å². The maximum Gasteiger partial charge on any atom is 0.0623 e. The summed E-state index contributed by atoms with van der Waals surface area (Å²) >= 11 is 0. The van der Waals surface area contributed by atoms with E-state index < -0.39 is 0 Å². The van der Waals surface area contributed by atoms with Crippen LogP contribution in [0.5, 0.6) is 0 Å². The quantitative estimate of drug-likeness (QED) is 0.632. The molecular formula is C12H25NO2. The molecule has 0 aromatic carbocycles. The summed E-state index contributed by atoms with van der Waals surface area (Å²) in [6.07, 6.45) is 2.20. The van der Waals surface area contributed by atoms with Gasteiger partial charge in [0.05, 0.1) is 18.8 Å². The molecule has 0 aromatic heterocycles. The van der Waals surface area contributed by atoms with E-state index in [9.17, 15) is 0 Å². The molecule has 90 valence electrons. The molecule has 0 N–H and O–H groups in total. The van der Waals surface area contributed by atoms with Gasteiger partial charge in [0.1, 0.15) is 0 Å². The predicted molar refractivity (Wildman–Crippen MR) is 62.2 cm³/mol. The van der Waals surface area contributed by atoms with Crippen LogP contribution in [0.25, 0.3) is 0 Å². The molecule has 3 nitrogen and oxygen atoms in total. The average Bonchev–Trinajstić information content (AvgIpc) is 2.26. The summed E-state index contributed by atoms with van der Waals surface area (Å²) in [4.78, 5) is 2.45. The zero-order chi connectivity index (χ0) is 11.1. The fourth-order valence-corrected chi connectivity index (χ4v) is 1.56. The number of morpholine rings is 1. The highest BCUT2D eigenvalue weighted by molar-refractivity contribution is 4.66. The lowest BCUT2D eigenvalue weighted by Crippen LogP contribution is -2.37.